The maximum atomic E-state index is 11.7. The van der Waals surface area contributed by atoms with Crippen LogP contribution in [-0.2, 0) is 9.59 Å². The van der Waals surface area contributed by atoms with E-state index in [0.717, 1.165) is 25.7 Å². The van der Waals surface area contributed by atoms with Crippen LogP contribution in [0.1, 0.15) is 58.8 Å². The molecule has 0 aromatic carbocycles. The van der Waals surface area contributed by atoms with E-state index in [1.807, 2.05) is 0 Å². The average molecular weight is 284 g/mol. The van der Waals surface area contributed by atoms with Gasteiger partial charge in [-0.1, -0.05) is 33.1 Å². The Balaban J connectivity index is 2.33. The van der Waals surface area contributed by atoms with E-state index >= 15 is 0 Å². The zero-order valence-electron chi connectivity index (χ0n) is 12.2. The van der Waals surface area contributed by atoms with Gasteiger partial charge in [0.2, 0.25) is 5.91 Å². The molecule has 1 aliphatic rings. The molecule has 0 aliphatic heterocycles. The smallest absolute Gasteiger partial charge is 0.321 e. The standard InChI is InChI=1S/C14H24N2O4/c1-14(2,9-12(18)19)8-11(17)16-13(20)15-10-6-4-3-5-7-10/h10H,3-9H2,1-2H3,(H,18,19)(H2,15,16,17,20). The average Bonchev–Trinajstić information content (AvgIpc) is 2.26. The topological polar surface area (TPSA) is 95.5 Å². The third-order valence-corrected chi connectivity index (χ3v) is 3.46. The fraction of sp³-hybridized carbons (Fsp3) is 0.786. The van der Waals surface area contributed by atoms with Gasteiger partial charge in [0.25, 0.3) is 0 Å². The van der Waals surface area contributed by atoms with E-state index in [1.165, 1.54) is 6.42 Å². The van der Waals surface area contributed by atoms with Crippen molar-refractivity contribution < 1.29 is 19.5 Å². The molecule has 1 fully saturated rings. The number of carboxylic acid groups (broad SMARTS) is 1. The lowest BCUT2D eigenvalue weighted by molar-refractivity contribution is -0.139. The number of carbonyl (C=O) groups is 3. The Morgan fingerprint density at radius 2 is 1.70 bits per heavy atom. The van der Waals surface area contributed by atoms with E-state index in [0.29, 0.717) is 0 Å². The van der Waals surface area contributed by atoms with Crippen LogP contribution in [0, 0.1) is 5.41 Å². The Bertz CT molecular complexity index is 373. The van der Waals surface area contributed by atoms with Gasteiger partial charge in [-0.3, -0.25) is 14.9 Å². The van der Waals surface area contributed by atoms with E-state index in [2.05, 4.69) is 10.6 Å². The Morgan fingerprint density at radius 1 is 1.10 bits per heavy atom. The van der Waals surface area contributed by atoms with Crippen molar-refractivity contribution in [2.24, 2.45) is 5.41 Å². The summed E-state index contributed by atoms with van der Waals surface area (Å²) in [6.45, 7) is 3.39. The van der Waals surface area contributed by atoms with Gasteiger partial charge in [0.15, 0.2) is 0 Å². The predicted molar refractivity (Wildman–Crippen MR) is 74.2 cm³/mol. The highest BCUT2D eigenvalue weighted by Gasteiger charge is 2.26. The lowest BCUT2D eigenvalue weighted by Crippen LogP contribution is -2.46. The number of imide groups is 1. The molecule has 0 heterocycles. The summed E-state index contributed by atoms with van der Waals surface area (Å²) in [6, 6.07) is -0.336. The number of carboxylic acids is 1. The van der Waals surface area contributed by atoms with E-state index in [-0.39, 0.29) is 18.9 Å². The molecule has 1 saturated carbocycles. The number of rotatable bonds is 5. The molecule has 0 aromatic rings. The summed E-state index contributed by atoms with van der Waals surface area (Å²) in [5.41, 5.74) is -0.666. The van der Waals surface area contributed by atoms with Crippen molar-refractivity contribution in [2.75, 3.05) is 0 Å². The third kappa shape index (κ3) is 6.54. The number of aliphatic carboxylic acids is 1. The van der Waals surface area contributed by atoms with Crippen LogP contribution in [-0.4, -0.2) is 29.1 Å². The van der Waals surface area contributed by atoms with Crippen LogP contribution < -0.4 is 10.6 Å². The summed E-state index contributed by atoms with van der Waals surface area (Å²) in [4.78, 5) is 34.1. The first-order valence-corrected chi connectivity index (χ1v) is 7.11. The van der Waals surface area contributed by atoms with Gasteiger partial charge in [-0.05, 0) is 18.3 Å². The van der Waals surface area contributed by atoms with Gasteiger partial charge in [-0.15, -0.1) is 0 Å². The van der Waals surface area contributed by atoms with Crippen LogP contribution in [0.25, 0.3) is 0 Å². The summed E-state index contributed by atoms with van der Waals surface area (Å²) >= 11 is 0. The van der Waals surface area contributed by atoms with Crippen LogP contribution >= 0.6 is 0 Å². The second-order valence-electron chi connectivity index (χ2n) is 6.27. The lowest BCUT2D eigenvalue weighted by atomic mass is 9.85. The van der Waals surface area contributed by atoms with Gasteiger partial charge < -0.3 is 10.4 Å². The highest BCUT2D eigenvalue weighted by Crippen LogP contribution is 2.24. The van der Waals surface area contributed by atoms with Crippen molar-refractivity contribution in [3.8, 4) is 0 Å². The molecule has 6 heteroatoms. The molecule has 0 unspecified atom stereocenters. The second kappa shape index (κ2) is 7.26. The van der Waals surface area contributed by atoms with Crippen molar-refractivity contribution in [1.29, 1.82) is 0 Å². The Hall–Kier alpha value is -1.59. The molecule has 0 bridgehead atoms. The van der Waals surface area contributed by atoms with Crippen molar-refractivity contribution >= 4 is 17.9 Å². The van der Waals surface area contributed by atoms with Gasteiger partial charge in [0.1, 0.15) is 0 Å². The van der Waals surface area contributed by atoms with Gasteiger partial charge in [0, 0.05) is 12.5 Å². The van der Waals surface area contributed by atoms with Gasteiger partial charge in [-0.25, -0.2) is 4.79 Å². The Kier molecular flexibility index (Phi) is 5.98. The number of carbonyl (C=O) groups excluding carboxylic acids is 2. The summed E-state index contributed by atoms with van der Waals surface area (Å²) in [7, 11) is 0. The number of nitrogens with one attached hydrogen (secondary N) is 2. The molecular formula is C14H24N2O4. The van der Waals surface area contributed by atoms with Crippen molar-refractivity contribution in [3.05, 3.63) is 0 Å². The van der Waals surface area contributed by atoms with Crippen LogP contribution in [0.4, 0.5) is 4.79 Å². The van der Waals surface area contributed by atoms with Crippen LogP contribution in [0.15, 0.2) is 0 Å². The maximum Gasteiger partial charge on any atom is 0.321 e. The molecule has 0 aromatic heterocycles. The molecule has 3 amide bonds. The molecule has 114 valence electrons. The van der Waals surface area contributed by atoms with Gasteiger partial charge in [-0.2, -0.15) is 0 Å². The maximum absolute atomic E-state index is 11.7. The number of hydrogen-bond acceptors (Lipinski definition) is 3. The van der Waals surface area contributed by atoms with Crippen molar-refractivity contribution in [2.45, 2.75) is 64.8 Å². The first-order chi connectivity index (χ1) is 9.28. The van der Waals surface area contributed by atoms with E-state index in [4.69, 9.17) is 5.11 Å². The van der Waals surface area contributed by atoms with Crippen molar-refractivity contribution in [1.82, 2.24) is 10.6 Å². The zero-order valence-corrected chi connectivity index (χ0v) is 12.2. The quantitative estimate of drug-likeness (QED) is 0.720. The van der Waals surface area contributed by atoms with Crippen molar-refractivity contribution in [3.63, 3.8) is 0 Å². The largest absolute Gasteiger partial charge is 0.481 e. The Morgan fingerprint density at radius 3 is 2.25 bits per heavy atom. The van der Waals surface area contributed by atoms with Crippen LogP contribution in [0.2, 0.25) is 0 Å². The van der Waals surface area contributed by atoms with Gasteiger partial charge >= 0.3 is 12.0 Å². The minimum Gasteiger partial charge on any atom is -0.481 e. The SMILES string of the molecule is CC(C)(CC(=O)O)CC(=O)NC(=O)NC1CCCCC1. The molecule has 0 atom stereocenters. The number of urea groups is 1. The summed E-state index contributed by atoms with van der Waals surface area (Å²) < 4.78 is 0. The summed E-state index contributed by atoms with van der Waals surface area (Å²) in [5, 5.41) is 13.8. The van der Waals surface area contributed by atoms with E-state index in [1.54, 1.807) is 13.8 Å². The molecule has 0 spiro atoms. The van der Waals surface area contributed by atoms with Crippen LogP contribution in [0.5, 0.6) is 0 Å². The molecule has 6 nitrogen and oxygen atoms in total. The summed E-state index contributed by atoms with van der Waals surface area (Å²) in [5.74, 6) is -1.39. The molecule has 0 radical (unpaired) electrons. The van der Waals surface area contributed by atoms with Crippen LogP contribution in [0.3, 0.4) is 0 Å². The fourth-order valence-corrected chi connectivity index (χ4v) is 2.55. The highest BCUT2D eigenvalue weighted by atomic mass is 16.4. The minimum atomic E-state index is -0.950. The fourth-order valence-electron chi connectivity index (χ4n) is 2.55. The molecule has 3 N–H and O–H groups in total. The Labute approximate surface area is 119 Å². The normalized spacial score (nSPS) is 16.5. The number of hydrogen-bond donors (Lipinski definition) is 3. The number of amides is 3. The molecule has 1 rings (SSSR count). The first-order valence-electron chi connectivity index (χ1n) is 7.11. The van der Waals surface area contributed by atoms with Gasteiger partial charge in [0.05, 0.1) is 6.42 Å². The molecule has 0 saturated heterocycles. The molecule has 20 heavy (non-hydrogen) atoms. The zero-order chi connectivity index (χ0) is 15.2. The first kappa shape index (κ1) is 16.5. The van der Waals surface area contributed by atoms with E-state index in [9.17, 15) is 14.4 Å². The third-order valence-electron chi connectivity index (χ3n) is 3.46. The molecular weight excluding hydrogens is 260 g/mol. The summed E-state index contributed by atoms with van der Waals surface area (Å²) in [6.07, 6.45) is 5.21. The molecule has 1 aliphatic carbocycles. The lowest BCUT2D eigenvalue weighted by Gasteiger charge is -2.24. The highest BCUT2D eigenvalue weighted by molar-refractivity contribution is 5.94. The van der Waals surface area contributed by atoms with E-state index < -0.39 is 23.3 Å². The predicted octanol–water partition coefficient (Wildman–Crippen LogP) is 2.04. The second-order valence-corrected chi connectivity index (χ2v) is 6.27. The minimum absolute atomic E-state index is 0.0113. The monoisotopic (exact) mass is 284 g/mol.